The van der Waals surface area contributed by atoms with Crippen LogP contribution in [0.15, 0.2) is 16.9 Å². The Morgan fingerprint density at radius 3 is 2.55 bits per heavy atom. The zero-order valence-electron chi connectivity index (χ0n) is 13.5. The topological polar surface area (TPSA) is 41.7 Å². The molecule has 5 heteroatoms. The van der Waals surface area contributed by atoms with Crippen LogP contribution < -0.4 is 15.2 Å². The highest BCUT2D eigenvalue weighted by molar-refractivity contribution is 6.31. The van der Waals surface area contributed by atoms with Crippen molar-refractivity contribution in [1.29, 1.82) is 0 Å². The number of likely N-dealkylation sites (N-methyl/N-ethyl adjacent to an activating group) is 1. The molecule has 1 aliphatic heterocycles. The highest BCUT2D eigenvalue weighted by Gasteiger charge is 2.22. The van der Waals surface area contributed by atoms with Crippen molar-refractivity contribution >= 4 is 22.5 Å². The highest BCUT2D eigenvalue weighted by Crippen LogP contribution is 2.20. The lowest BCUT2D eigenvalue weighted by Crippen LogP contribution is -3.26. The molecule has 0 aliphatic carbocycles. The van der Waals surface area contributed by atoms with E-state index in [4.69, 9.17) is 11.6 Å². The number of H-pyrrole nitrogens is 1. The average Bonchev–Trinajstić information content (AvgIpc) is 2.47. The van der Waals surface area contributed by atoms with E-state index in [0.29, 0.717) is 10.4 Å². The van der Waals surface area contributed by atoms with Gasteiger partial charge in [-0.2, -0.15) is 0 Å². The van der Waals surface area contributed by atoms with Gasteiger partial charge in [-0.05, 0) is 31.5 Å². The van der Waals surface area contributed by atoms with E-state index in [0.717, 1.165) is 42.0 Å². The largest absolute Gasteiger partial charge is 0.358 e. The first-order valence-electron chi connectivity index (χ1n) is 7.92. The number of nitrogens with one attached hydrogen (secondary N) is 3. The van der Waals surface area contributed by atoms with Crippen molar-refractivity contribution < 1.29 is 9.80 Å². The smallest absolute Gasteiger partial charge is 0.198 e. The molecular formula is C17H24ClN3O+2. The monoisotopic (exact) mass is 321 g/mol. The van der Waals surface area contributed by atoms with Crippen molar-refractivity contribution in [3.05, 3.63) is 44.2 Å². The number of piperazine rings is 1. The van der Waals surface area contributed by atoms with Crippen molar-refractivity contribution in [2.75, 3.05) is 33.2 Å². The second kappa shape index (κ2) is 6.03. The van der Waals surface area contributed by atoms with Crippen LogP contribution in [0, 0.1) is 13.8 Å². The zero-order chi connectivity index (χ0) is 15.9. The Labute approximate surface area is 135 Å². The fourth-order valence-corrected chi connectivity index (χ4v) is 3.63. The lowest BCUT2D eigenvalue weighted by Gasteiger charge is -2.27. The molecule has 3 N–H and O–H groups in total. The first-order valence-corrected chi connectivity index (χ1v) is 8.30. The predicted octanol–water partition coefficient (Wildman–Crippen LogP) is -0.288. The molecule has 1 aliphatic rings. The lowest BCUT2D eigenvalue weighted by atomic mass is 10.1. The molecule has 3 rings (SSSR count). The van der Waals surface area contributed by atoms with Crippen molar-refractivity contribution in [3.8, 4) is 0 Å². The molecule has 1 aromatic heterocycles. The van der Waals surface area contributed by atoms with Gasteiger partial charge in [-0.25, -0.2) is 0 Å². The number of pyridine rings is 1. The molecule has 0 bridgehead atoms. The van der Waals surface area contributed by atoms with E-state index < -0.39 is 0 Å². The molecule has 1 aromatic carbocycles. The highest BCUT2D eigenvalue weighted by atomic mass is 35.5. The number of benzene rings is 1. The zero-order valence-corrected chi connectivity index (χ0v) is 14.2. The summed E-state index contributed by atoms with van der Waals surface area (Å²) in [6.45, 7) is 9.38. The quantitative estimate of drug-likeness (QED) is 0.699. The second-order valence-corrected chi connectivity index (χ2v) is 7.02. The maximum atomic E-state index is 12.9. The Kier molecular flexibility index (Phi) is 4.26. The Morgan fingerprint density at radius 2 is 1.86 bits per heavy atom. The lowest BCUT2D eigenvalue weighted by molar-refractivity contribution is -1.01. The summed E-state index contributed by atoms with van der Waals surface area (Å²) >= 11 is 6.14. The summed E-state index contributed by atoms with van der Waals surface area (Å²) in [6, 6.07) is 3.68. The summed E-state index contributed by atoms with van der Waals surface area (Å²) in [4.78, 5) is 19.4. The van der Waals surface area contributed by atoms with Gasteiger partial charge in [0.2, 0.25) is 0 Å². The van der Waals surface area contributed by atoms with Crippen LogP contribution in [-0.2, 0) is 6.54 Å². The molecule has 0 atom stereocenters. The summed E-state index contributed by atoms with van der Waals surface area (Å²) in [5, 5.41) is 1.34. The van der Waals surface area contributed by atoms with Crippen LogP contribution in [0.2, 0.25) is 5.02 Å². The van der Waals surface area contributed by atoms with Gasteiger partial charge in [-0.1, -0.05) is 11.6 Å². The summed E-state index contributed by atoms with van der Waals surface area (Å²) in [5.41, 5.74) is 3.96. The fraction of sp³-hybridized carbons (Fsp3) is 0.471. The number of aromatic nitrogens is 1. The van der Waals surface area contributed by atoms with Gasteiger partial charge in [0.1, 0.15) is 32.7 Å². The standard InChI is InChI=1S/C17H22ClN3O/c1-11-8-13(18)9-14-16(11)19-12(2)15(17(14)22)10-21-6-4-20(3)5-7-21/h8-9H,4-7,10H2,1-3H3,(H,19,22)/p+2. The van der Waals surface area contributed by atoms with E-state index in [9.17, 15) is 4.79 Å². The van der Waals surface area contributed by atoms with Gasteiger partial charge < -0.3 is 14.8 Å². The van der Waals surface area contributed by atoms with E-state index in [2.05, 4.69) is 12.0 Å². The van der Waals surface area contributed by atoms with Crippen LogP contribution in [0.3, 0.4) is 0 Å². The minimum Gasteiger partial charge on any atom is -0.358 e. The number of quaternary nitrogens is 2. The van der Waals surface area contributed by atoms with Gasteiger partial charge >= 0.3 is 0 Å². The van der Waals surface area contributed by atoms with E-state index in [1.165, 1.54) is 18.0 Å². The van der Waals surface area contributed by atoms with Crippen LogP contribution in [0.25, 0.3) is 10.9 Å². The molecule has 0 spiro atoms. The molecule has 118 valence electrons. The number of fused-ring (bicyclic) bond motifs is 1. The molecule has 1 fully saturated rings. The molecule has 0 radical (unpaired) electrons. The fourth-order valence-electron chi connectivity index (χ4n) is 3.35. The van der Waals surface area contributed by atoms with Crippen LogP contribution in [-0.4, -0.2) is 38.2 Å². The summed E-state index contributed by atoms with van der Waals surface area (Å²) < 4.78 is 0. The third kappa shape index (κ3) is 2.91. The van der Waals surface area contributed by atoms with E-state index in [-0.39, 0.29) is 5.43 Å². The summed E-state index contributed by atoms with van der Waals surface area (Å²) in [7, 11) is 2.23. The Morgan fingerprint density at radius 1 is 1.18 bits per heavy atom. The van der Waals surface area contributed by atoms with Crippen LogP contribution in [0.4, 0.5) is 0 Å². The molecule has 22 heavy (non-hydrogen) atoms. The molecule has 2 aromatic rings. The van der Waals surface area contributed by atoms with Gasteiger partial charge in [0, 0.05) is 16.1 Å². The van der Waals surface area contributed by atoms with Gasteiger partial charge in [0.05, 0.1) is 18.1 Å². The first kappa shape index (κ1) is 15.5. The maximum absolute atomic E-state index is 12.9. The molecule has 0 unspecified atom stereocenters. The first-order chi connectivity index (χ1) is 10.5. The molecule has 4 nitrogen and oxygen atoms in total. The Hall–Kier alpha value is -1.36. The van der Waals surface area contributed by atoms with Gasteiger partial charge in [0.15, 0.2) is 5.43 Å². The van der Waals surface area contributed by atoms with Gasteiger partial charge in [0.25, 0.3) is 0 Å². The summed E-state index contributed by atoms with van der Waals surface area (Å²) in [6.07, 6.45) is 0. The maximum Gasteiger partial charge on any atom is 0.198 e. The number of aromatic amines is 1. The Balaban J connectivity index is 2.01. The van der Waals surface area contributed by atoms with E-state index in [1.54, 1.807) is 11.0 Å². The normalized spacial score (nSPS) is 22.2. The number of halogens is 1. The minimum absolute atomic E-state index is 0.135. The molecule has 0 amide bonds. The van der Waals surface area contributed by atoms with Gasteiger partial charge in [-0.3, -0.25) is 4.79 Å². The number of rotatable bonds is 2. The molecule has 2 heterocycles. The third-order valence-electron chi connectivity index (χ3n) is 4.82. The van der Waals surface area contributed by atoms with Crippen LogP contribution in [0.1, 0.15) is 16.8 Å². The van der Waals surface area contributed by atoms with Gasteiger partial charge in [-0.15, -0.1) is 0 Å². The van der Waals surface area contributed by atoms with Crippen LogP contribution >= 0.6 is 11.6 Å². The van der Waals surface area contributed by atoms with E-state index in [1.807, 2.05) is 19.9 Å². The molecule has 1 saturated heterocycles. The number of aryl methyl sites for hydroxylation is 2. The molecular weight excluding hydrogens is 298 g/mol. The van der Waals surface area contributed by atoms with Crippen molar-refractivity contribution in [2.45, 2.75) is 20.4 Å². The Bertz CT molecular complexity index is 761. The average molecular weight is 322 g/mol. The van der Waals surface area contributed by atoms with Crippen LogP contribution in [0.5, 0.6) is 0 Å². The number of hydrogen-bond donors (Lipinski definition) is 3. The second-order valence-electron chi connectivity index (χ2n) is 6.59. The summed E-state index contributed by atoms with van der Waals surface area (Å²) in [5.74, 6) is 0. The predicted molar refractivity (Wildman–Crippen MR) is 90.1 cm³/mol. The third-order valence-corrected chi connectivity index (χ3v) is 5.04. The molecule has 0 saturated carbocycles. The van der Waals surface area contributed by atoms with E-state index >= 15 is 0 Å². The SMILES string of the molecule is Cc1[nH]c2c(C)cc(Cl)cc2c(=O)c1C[NH+]1CC[NH+](C)CC1. The van der Waals surface area contributed by atoms with Crippen molar-refractivity contribution in [1.82, 2.24) is 4.98 Å². The minimum atomic E-state index is 0.135. The number of hydrogen-bond acceptors (Lipinski definition) is 1. The van der Waals surface area contributed by atoms with Crippen molar-refractivity contribution in [3.63, 3.8) is 0 Å². The van der Waals surface area contributed by atoms with Crippen molar-refractivity contribution in [2.24, 2.45) is 0 Å².